The van der Waals surface area contributed by atoms with E-state index in [1.165, 1.54) is 4.68 Å². The van der Waals surface area contributed by atoms with Gasteiger partial charge in [-0.25, -0.2) is 4.68 Å². The number of nitrogens with zero attached hydrogens (tertiary/aromatic N) is 2. The second kappa shape index (κ2) is 5.11. The summed E-state index contributed by atoms with van der Waals surface area (Å²) in [6.45, 7) is 1.89. The van der Waals surface area contributed by atoms with Crippen LogP contribution in [0.1, 0.15) is 6.42 Å². The zero-order valence-corrected chi connectivity index (χ0v) is 10.7. The summed E-state index contributed by atoms with van der Waals surface area (Å²) in [6.07, 6.45) is 2.68. The molecule has 3 rings (SSSR count). The number of hydrogen-bond acceptors (Lipinski definition) is 4. The second-order valence-electron chi connectivity index (χ2n) is 5.01. The van der Waals surface area contributed by atoms with Gasteiger partial charge in [0.25, 0.3) is 5.56 Å². The Morgan fingerprint density at radius 3 is 3.11 bits per heavy atom. The van der Waals surface area contributed by atoms with Crippen molar-refractivity contribution >= 4 is 10.8 Å². The number of ether oxygens (including phenoxy) is 1. The molecule has 0 radical (unpaired) electrons. The SMILES string of the molecule is NC(Cn1ncc2ccccc2c1=O)C1CCOC1. The topological polar surface area (TPSA) is 70.1 Å². The zero-order valence-electron chi connectivity index (χ0n) is 10.7. The van der Waals surface area contributed by atoms with E-state index in [2.05, 4.69) is 5.10 Å². The van der Waals surface area contributed by atoms with Crippen molar-refractivity contribution < 1.29 is 4.74 Å². The quantitative estimate of drug-likeness (QED) is 0.883. The van der Waals surface area contributed by atoms with Gasteiger partial charge in [-0.05, 0) is 12.5 Å². The van der Waals surface area contributed by atoms with Gasteiger partial charge < -0.3 is 10.5 Å². The van der Waals surface area contributed by atoms with Gasteiger partial charge in [-0.1, -0.05) is 18.2 Å². The molecular weight excluding hydrogens is 242 g/mol. The van der Waals surface area contributed by atoms with Crippen LogP contribution in [0.5, 0.6) is 0 Å². The van der Waals surface area contributed by atoms with Crippen molar-refractivity contribution in [3.63, 3.8) is 0 Å². The number of hydrogen-bond donors (Lipinski definition) is 1. The van der Waals surface area contributed by atoms with E-state index in [1.54, 1.807) is 6.20 Å². The Morgan fingerprint density at radius 2 is 2.32 bits per heavy atom. The first-order chi connectivity index (χ1) is 9.25. The average molecular weight is 259 g/mol. The van der Waals surface area contributed by atoms with Crippen LogP contribution in [0.3, 0.4) is 0 Å². The third-order valence-corrected chi connectivity index (χ3v) is 3.72. The Morgan fingerprint density at radius 1 is 1.47 bits per heavy atom. The van der Waals surface area contributed by atoms with Gasteiger partial charge in [0, 0.05) is 24.0 Å². The summed E-state index contributed by atoms with van der Waals surface area (Å²) in [4.78, 5) is 12.3. The molecule has 5 nitrogen and oxygen atoms in total. The van der Waals surface area contributed by atoms with Gasteiger partial charge in [-0.3, -0.25) is 4.79 Å². The Labute approximate surface area is 111 Å². The molecular formula is C14H17N3O2. The largest absolute Gasteiger partial charge is 0.381 e. The van der Waals surface area contributed by atoms with Gasteiger partial charge in [0.15, 0.2) is 0 Å². The van der Waals surface area contributed by atoms with E-state index in [0.717, 1.165) is 18.4 Å². The van der Waals surface area contributed by atoms with Gasteiger partial charge in [0.2, 0.25) is 0 Å². The van der Waals surface area contributed by atoms with Gasteiger partial charge >= 0.3 is 0 Å². The summed E-state index contributed by atoms with van der Waals surface area (Å²) in [5, 5.41) is 5.75. The minimum Gasteiger partial charge on any atom is -0.381 e. The highest BCUT2D eigenvalue weighted by atomic mass is 16.5. The molecule has 1 aromatic carbocycles. The van der Waals surface area contributed by atoms with Crippen LogP contribution in [-0.4, -0.2) is 29.0 Å². The van der Waals surface area contributed by atoms with Crippen LogP contribution in [-0.2, 0) is 11.3 Å². The molecule has 2 unspecified atom stereocenters. The Balaban J connectivity index is 1.88. The van der Waals surface area contributed by atoms with E-state index >= 15 is 0 Å². The van der Waals surface area contributed by atoms with E-state index < -0.39 is 0 Å². The number of benzene rings is 1. The molecule has 0 saturated carbocycles. The molecule has 100 valence electrons. The molecule has 2 aromatic rings. The van der Waals surface area contributed by atoms with Gasteiger partial charge in [-0.15, -0.1) is 0 Å². The van der Waals surface area contributed by atoms with E-state index in [0.29, 0.717) is 24.5 Å². The van der Waals surface area contributed by atoms with Gasteiger partial charge in [0.05, 0.1) is 24.7 Å². The monoisotopic (exact) mass is 259 g/mol. The minimum atomic E-state index is -0.0890. The number of fused-ring (bicyclic) bond motifs is 1. The fourth-order valence-corrected chi connectivity index (χ4v) is 2.50. The molecule has 2 atom stereocenters. The molecule has 2 heterocycles. The standard InChI is InChI=1S/C14H17N3O2/c15-13(11-5-6-19-9-11)8-17-14(18)12-4-2-1-3-10(12)7-16-17/h1-4,7,11,13H,5-6,8-9,15H2. The fraction of sp³-hybridized carbons (Fsp3) is 0.429. The lowest BCUT2D eigenvalue weighted by molar-refractivity contribution is 0.178. The van der Waals surface area contributed by atoms with Crippen LogP contribution in [0.4, 0.5) is 0 Å². The Bertz CT molecular complexity index is 632. The van der Waals surface area contributed by atoms with Crippen LogP contribution in [0.2, 0.25) is 0 Å². The molecule has 1 fully saturated rings. The molecule has 0 aliphatic carbocycles. The van der Waals surface area contributed by atoms with Crippen LogP contribution in [0.25, 0.3) is 10.8 Å². The minimum absolute atomic E-state index is 0.0764. The maximum Gasteiger partial charge on any atom is 0.274 e. The van der Waals surface area contributed by atoms with Crippen molar-refractivity contribution in [2.45, 2.75) is 19.0 Å². The first-order valence-electron chi connectivity index (χ1n) is 6.54. The Hall–Kier alpha value is -1.72. The van der Waals surface area contributed by atoms with Crippen molar-refractivity contribution in [2.75, 3.05) is 13.2 Å². The number of nitrogens with two attached hydrogens (primary N) is 1. The van der Waals surface area contributed by atoms with Crippen LogP contribution in [0, 0.1) is 5.92 Å². The lowest BCUT2D eigenvalue weighted by Crippen LogP contribution is -2.39. The molecule has 19 heavy (non-hydrogen) atoms. The van der Waals surface area contributed by atoms with Crippen LogP contribution < -0.4 is 11.3 Å². The Kier molecular flexibility index (Phi) is 3.31. The van der Waals surface area contributed by atoms with Crippen molar-refractivity contribution in [3.05, 3.63) is 40.8 Å². The predicted molar refractivity (Wildman–Crippen MR) is 72.9 cm³/mol. The smallest absolute Gasteiger partial charge is 0.274 e. The highest BCUT2D eigenvalue weighted by molar-refractivity contribution is 5.80. The third kappa shape index (κ3) is 2.39. The normalized spacial score (nSPS) is 20.8. The van der Waals surface area contributed by atoms with Crippen molar-refractivity contribution in [3.8, 4) is 0 Å². The van der Waals surface area contributed by atoms with Crippen molar-refractivity contribution in [1.29, 1.82) is 0 Å². The fourth-order valence-electron chi connectivity index (χ4n) is 2.50. The summed E-state index contributed by atoms with van der Waals surface area (Å²) in [7, 11) is 0. The molecule has 0 amide bonds. The summed E-state index contributed by atoms with van der Waals surface area (Å²) in [6, 6.07) is 7.38. The average Bonchev–Trinajstić information content (AvgIpc) is 2.96. The molecule has 1 aliphatic rings. The summed E-state index contributed by atoms with van der Waals surface area (Å²) < 4.78 is 6.79. The molecule has 0 spiro atoms. The van der Waals surface area contributed by atoms with Crippen molar-refractivity contribution in [1.82, 2.24) is 9.78 Å². The van der Waals surface area contributed by atoms with E-state index in [-0.39, 0.29) is 11.6 Å². The lowest BCUT2D eigenvalue weighted by Gasteiger charge is -2.18. The predicted octanol–water partition coefficient (Wildman–Crippen LogP) is 0.760. The molecule has 1 aliphatic heterocycles. The summed E-state index contributed by atoms with van der Waals surface area (Å²) in [5.41, 5.74) is 6.07. The molecule has 5 heteroatoms. The molecule has 2 N–H and O–H groups in total. The maximum atomic E-state index is 12.3. The summed E-state index contributed by atoms with van der Waals surface area (Å²) >= 11 is 0. The zero-order chi connectivity index (χ0) is 13.2. The molecule has 1 saturated heterocycles. The van der Waals surface area contributed by atoms with E-state index in [9.17, 15) is 4.79 Å². The number of rotatable bonds is 3. The van der Waals surface area contributed by atoms with E-state index in [1.807, 2.05) is 24.3 Å². The summed E-state index contributed by atoms with van der Waals surface area (Å²) in [5.74, 6) is 0.320. The van der Waals surface area contributed by atoms with Crippen LogP contribution >= 0.6 is 0 Å². The maximum absolute atomic E-state index is 12.3. The first kappa shape index (κ1) is 12.3. The van der Waals surface area contributed by atoms with Crippen LogP contribution in [0.15, 0.2) is 35.3 Å². The highest BCUT2D eigenvalue weighted by Gasteiger charge is 2.23. The van der Waals surface area contributed by atoms with E-state index in [4.69, 9.17) is 10.5 Å². The van der Waals surface area contributed by atoms with Gasteiger partial charge in [0.1, 0.15) is 0 Å². The van der Waals surface area contributed by atoms with Crippen molar-refractivity contribution in [2.24, 2.45) is 11.7 Å². The highest BCUT2D eigenvalue weighted by Crippen LogP contribution is 2.16. The molecule has 0 bridgehead atoms. The molecule has 1 aromatic heterocycles. The number of aromatic nitrogens is 2. The first-order valence-corrected chi connectivity index (χ1v) is 6.54. The lowest BCUT2D eigenvalue weighted by atomic mass is 10.00. The third-order valence-electron chi connectivity index (χ3n) is 3.72. The second-order valence-corrected chi connectivity index (χ2v) is 5.01. The van der Waals surface area contributed by atoms with Gasteiger partial charge in [-0.2, -0.15) is 5.10 Å².